The number of benzene rings is 2. The fraction of sp³-hybridized carbons (Fsp3) is 0.261. The normalized spacial score (nSPS) is 13.9. The van der Waals surface area contributed by atoms with E-state index in [0.717, 1.165) is 30.2 Å². The number of aromatic nitrogens is 2. The van der Waals surface area contributed by atoms with Crippen molar-refractivity contribution in [3.05, 3.63) is 77.1 Å². The minimum absolute atomic E-state index is 0.0446. The van der Waals surface area contributed by atoms with Crippen molar-refractivity contribution in [3.63, 3.8) is 0 Å². The number of carbonyl (C=O) groups excluding carboxylic acids is 2. The lowest BCUT2D eigenvalue weighted by Gasteiger charge is -2.36. The highest BCUT2D eigenvalue weighted by molar-refractivity contribution is 6.30. The minimum atomic E-state index is -0.356. The number of halogens is 1. The highest BCUT2D eigenvalue weighted by Crippen LogP contribution is 2.19. The van der Waals surface area contributed by atoms with Crippen molar-refractivity contribution in [3.8, 4) is 5.69 Å². The van der Waals surface area contributed by atoms with Gasteiger partial charge in [-0.3, -0.25) is 9.59 Å². The number of rotatable bonds is 5. The van der Waals surface area contributed by atoms with Gasteiger partial charge in [0, 0.05) is 42.6 Å². The van der Waals surface area contributed by atoms with E-state index in [2.05, 4.69) is 15.3 Å². The van der Waals surface area contributed by atoms with Crippen LogP contribution >= 0.6 is 11.6 Å². The lowest BCUT2D eigenvalue weighted by Crippen LogP contribution is -2.51. The zero-order valence-corrected chi connectivity index (χ0v) is 18.0. The summed E-state index contributed by atoms with van der Waals surface area (Å²) in [6.07, 6.45) is 0. The molecule has 0 atom stereocenters. The molecule has 4 rings (SSSR count). The number of hydrogen-bond acceptors (Lipinski definition) is 4. The Morgan fingerprint density at radius 2 is 1.65 bits per heavy atom. The van der Waals surface area contributed by atoms with Crippen LogP contribution in [0.4, 0.5) is 5.69 Å². The largest absolute Gasteiger partial charge is 0.368 e. The summed E-state index contributed by atoms with van der Waals surface area (Å²) in [5.74, 6) is -0.450. The van der Waals surface area contributed by atoms with E-state index >= 15 is 0 Å². The van der Waals surface area contributed by atoms with E-state index in [-0.39, 0.29) is 18.4 Å². The van der Waals surface area contributed by atoms with E-state index < -0.39 is 0 Å². The van der Waals surface area contributed by atoms with Gasteiger partial charge >= 0.3 is 0 Å². The smallest absolute Gasteiger partial charge is 0.272 e. The number of amides is 2. The molecule has 1 aromatic heterocycles. The van der Waals surface area contributed by atoms with E-state index in [1.54, 1.807) is 15.6 Å². The first kappa shape index (κ1) is 20.9. The number of carbonyl (C=O) groups is 2. The second kappa shape index (κ2) is 9.22. The van der Waals surface area contributed by atoms with Crippen molar-refractivity contribution in [1.82, 2.24) is 20.0 Å². The highest BCUT2D eigenvalue weighted by Gasteiger charge is 2.22. The van der Waals surface area contributed by atoms with Gasteiger partial charge in [-0.2, -0.15) is 5.10 Å². The predicted octanol–water partition coefficient (Wildman–Crippen LogP) is 2.91. The molecule has 31 heavy (non-hydrogen) atoms. The molecular formula is C23H24ClN5O2. The molecule has 0 aliphatic carbocycles. The van der Waals surface area contributed by atoms with Gasteiger partial charge in [-0.1, -0.05) is 29.8 Å². The average molecular weight is 438 g/mol. The van der Waals surface area contributed by atoms with Crippen molar-refractivity contribution < 1.29 is 9.59 Å². The number of nitrogens with zero attached hydrogens (tertiary/aromatic N) is 4. The molecule has 3 aromatic rings. The molecule has 160 valence electrons. The molecule has 8 heteroatoms. The SMILES string of the molecule is Cc1cc(C(=O)NCC(=O)N2CCN(c3ccc(Cl)cc3)CC2)nn1-c1ccccc1. The first-order chi connectivity index (χ1) is 15.0. The van der Waals surface area contributed by atoms with E-state index in [1.807, 2.05) is 61.5 Å². The average Bonchev–Trinajstić information content (AvgIpc) is 3.20. The third kappa shape index (κ3) is 4.88. The van der Waals surface area contributed by atoms with Gasteiger partial charge in [0.05, 0.1) is 12.2 Å². The lowest BCUT2D eigenvalue weighted by atomic mass is 10.2. The monoisotopic (exact) mass is 437 g/mol. The van der Waals surface area contributed by atoms with E-state index in [1.165, 1.54) is 0 Å². The summed E-state index contributed by atoms with van der Waals surface area (Å²) in [4.78, 5) is 29.1. The number of nitrogens with one attached hydrogen (secondary N) is 1. The summed E-state index contributed by atoms with van der Waals surface area (Å²) in [7, 11) is 0. The topological polar surface area (TPSA) is 70.5 Å². The lowest BCUT2D eigenvalue weighted by molar-refractivity contribution is -0.130. The number of aryl methyl sites for hydroxylation is 1. The van der Waals surface area contributed by atoms with Crippen molar-refractivity contribution in [2.75, 3.05) is 37.6 Å². The van der Waals surface area contributed by atoms with Gasteiger partial charge in [-0.15, -0.1) is 0 Å². The van der Waals surface area contributed by atoms with Gasteiger partial charge < -0.3 is 15.1 Å². The molecule has 1 fully saturated rings. The van der Waals surface area contributed by atoms with Crippen LogP contribution < -0.4 is 10.2 Å². The minimum Gasteiger partial charge on any atom is -0.368 e. The Morgan fingerprint density at radius 3 is 2.32 bits per heavy atom. The third-order valence-corrected chi connectivity index (χ3v) is 5.60. The highest BCUT2D eigenvalue weighted by atomic mass is 35.5. The van der Waals surface area contributed by atoms with Gasteiger partial charge in [0.1, 0.15) is 0 Å². The van der Waals surface area contributed by atoms with Gasteiger partial charge in [-0.05, 0) is 49.4 Å². The summed E-state index contributed by atoms with van der Waals surface area (Å²) in [5, 5.41) is 7.79. The molecule has 1 aliphatic rings. The Labute approximate surface area is 186 Å². The van der Waals surface area contributed by atoms with Gasteiger partial charge in [0.2, 0.25) is 5.91 Å². The summed E-state index contributed by atoms with van der Waals surface area (Å²) in [6, 6.07) is 19.0. The molecule has 7 nitrogen and oxygen atoms in total. The molecule has 1 aliphatic heterocycles. The van der Waals surface area contributed by atoms with Crippen molar-refractivity contribution in [2.45, 2.75) is 6.92 Å². The molecule has 2 aromatic carbocycles. The van der Waals surface area contributed by atoms with Crippen LogP contribution in [0.1, 0.15) is 16.2 Å². The summed E-state index contributed by atoms with van der Waals surface area (Å²) in [5.41, 5.74) is 3.12. The molecule has 0 radical (unpaired) electrons. The molecular weight excluding hydrogens is 414 g/mol. The van der Waals surface area contributed by atoms with Crippen LogP contribution in [0.3, 0.4) is 0 Å². The van der Waals surface area contributed by atoms with Crippen LogP contribution in [0, 0.1) is 6.92 Å². The number of para-hydroxylation sites is 1. The quantitative estimate of drug-likeness (QED) is 0.666. The standard InChI is InChI=1S/C23H24ClN5O2/c1-17-15-21(26-29(17)20-5-3-2-4-6-20)23(31)25-16-22(30)28-13-11-27(12-14-28)19-9-7-18(24)8-10-19/h2-10,15H,11-14,16H2,1H3,(H,25,31). The Bertz CT molecular complexity index is 1060. The second-order valence-electron chi connectivity index (χ2n) is 7.45. The molecule has 2 amide bonds. The van der Waals surface area contributed by atoms with E-state index in [0.29, 0.717) is 23.8 Å². The van der Waals surface area contributed by atoms with Crippen LogP contribution in [0.5, 0.6) is 0 Å². The third-order valence-electron chi connectivity index (χ3n) is 5.35. The Kier molecular flexibility index (Phi) is 6.23. The fourth-order valence-electron chi connectivity index (χ4n) is 3.64. The number of piperazine rings is 1. The Hall–Kier alpha value is -3.32. The second-order valence-corrected chi connectivity index (χ2v) is 7.88. The molecule has 2 heterocycles. The van der Waals surface area contributed by atoms with Gasteiger partial charge in [0.15, 0.2) is 5.69 Å². The first-order valence-corrected chi connectivity index (χ1v) is 10.6. The van der Waals surface area contributed by atoms with Crippen LogP contribution in [-0.2, 0) is 4.79 Å². The maximum absolute atomic E-state index is 12.6. The van der Waals surface area contributed by atoms with Gasteiger partial charge in [0.25, 0.3) is 5.91 Å². The predicted molar refractivity (Wildman–Crippen MR) is 121 cm³/mol. The maximum Gasteiger partial charge on any atom is 0.272 e. The molecule has 1 saturated heterocycles. The van der Waals surface area contributed by atoms with Crippen LogP contribution in [-0.4, -0.2) is 59.2 Å². The summed E-state index contributed by atoms with van der Waals surface area (Å²) < 4.78 is 1.71. The Morgan fingerprint density at radius 1 is 0.968 bits per heavy atom. The zero-order chi connectivity index (χ0) is 21.8. The van der Waals surface area contributed by atoms with E-state index in [9.17, 15) is 9.59 Å². The van der Waals surface area contributed by atoms with Crippen molar-refractivity contribution in [1.29, 1.82) is 0 Å². The van der Waals surface area contributed by atoms with Crippen molar-refractivity contribution in [2.24, 2.45) is 0 Å². The number of hydrogen-bond donors (Lipinski definition) is 1. The first-order valence-electron chi connectivity index (χ1n) is 10.2. The van der Waals surface area contributed by atoms with Crippen LogP contribution in [0.25, 0.3) is 5.69 Å². The summed E-state index contributed by atoms with van der Waals surface area (Å²) >= 11 is 5.95. The van der Waals surface area contributed by atoms with E-state index in [4.69, 9.17) is 11.6 Å². The molecule has 0 unspecified atom stereocenters. The molecule has 1 N–H and O–H groups in total. The Balaban J connectivity index is 1.29. The number of anilines is 1. The molecule has 0 spiro atoms. The maximum atomic E-state index is 12.6. The molecule has 0 bridgehead atoms. The van der Waals surface area contributed by atoms with Crippen LogP contribution in [0.2, 0.25) is 5.02 Å². The van der Waals surface area contributed by atoms with Gasteiger partial charge in [-0.25, -0.2) is 4.68 Å². The fourth-order valence-corrected chi connectivity index (χ4v) is 3.77. The van der Waals surface area contributed by atoms with Crippen molar-refractivity contribution >= 4 is 29.1 Å². The summed E-state index contributed by atoms with van der Waals surface area (Å²) in [6.45, 7) is 4.54. The molecule has 0 saturated carbocycles. The zero-order valence-electron chi connectivity index (χ0n) is 17.3. The van der Waals surface area contributed by atoms with Crippen LogP contribution in [0.15, 0.2) is 60.7 Å².